The van der Waals surface area contributed by atoms with Crippen LogP contribution in [0.1, 0.15) is 18.4 Å². The number of benzene rings is 1. The van der Waals surface area contributed by atoms with Crippen molar-refractivity contribution in [3.8, 4) is 5.75 Å². The van der Waals surface area contributed by atoms with Crippen molar-refractivity contribution in [1.82, 2.24) is 0 Å². The Hall–Kier alpha value is -2.63. The summed E-state index contributed by atoms with van der Waals surface area (Å²) in [5, 5.41) is 3.29. The summed E-state index contributed by atoms with van der Waals surface area (Å²) in [6, 6.07) is 9.59. The fraction of sp³-hybridized carbons (Fsp3) is 0.353. The van der Waals surface area contributed by atoms with Gasteiger partial charge in [0.25, 0.3) is 0 Å². The van der Waals surface area contributed by atoms with Gasteiger partial charge >= 0.3 is 6.09 Å². The lowest BCUT2D eigenvalue weighted by Crippen LogP contribution is -2.23. The van der Waals surface area contributed by atoms with E-state index in [4.69, 9.17) is 13.9 Å². The largest absolute Gasteiger partial charge is 0.494 e. The van der Waals surface area contributed by atoms with Crippen LogP contribution in [-0.2, 0) is 17.7 Å². The minimum atomic E-state index is -0.341. The van der Waals surface area contributed by atoms with Crippen LogP contribution in [0.5, 0.6) is 5.75 Å². The Balaban J connectivity index is 1.72. The van der Waals surface area contributed by atoms with Gasteiger partial charge in [-0.25, -0.2) is 4.79 Å². The van der Waals surface area contributed by atoms with Crippen LogP contribution in [0, 0.1) is 0 Å². The number of hydrogen-bond acceptors (Lipinski definition) is 5. The van der Waals surface area contributed by atoms with E-state index in [9.17, 15) is 4.79 Å². The first-order chi connectivity index (χ1) is 11.2. The molecular weight excluding hydrogens is 296 g/mol. The number of nitrogens with one attached hydrogen (secondary N) is 1. The fourth-order valence-corrected chi connectivity index (χ4v) is 2.52. The van der Waals surface area contributed by atoms with Gasteiger partial charge in [-0.1, -0.05) is 6.92 Å². The maximum absolute atomic E-state index is 11.7. The Bertz CT molecular complexity index is 696. The summed E-state index contributed by atoms with van der Waals surface area (Å²) >= 11 is 0. The first kappa shape index (κ1) is 15.3. The van der Waals surface area contributed by atoms with Gasteiger partial charge < -0.3 is 19.2 Å². The molecule has 0 radical (unpaired) electrons. The molecule has 1 aromatic heterocycles. The number of aryl methyl sites for hydroxylation is 1. The highest BCUT2D eigenvalue weighted by Gasteiger charge is 2.26. The zero-order chi connectivity index (χ0) is 16.2. The van der Waals surface area contributed by atoms with Gasteiger partial charge in [0.1, 0.15) is 23.9 Å². The number of carbonyl (C=O) groups is 1. The number of ether oxygens (including phenoxy) is 2. The van der Waals surface area contributed by atoms with Crippen LogP contribution in [0.25, 0.3) is 0 Å². The van der Waals surface area contributed by atoms with Crippen LogP contribution in [-0.4, -0.2) is 26.4 Å². The fourth-order valence-electron chi connectivity index (χ4n) is 2.52. The number of rotatable bonds is 6. The molecular formula is C17H20N2O4. The highest BCUT2D eigenvalue weighted by Crippen LogP contribution is 2.33. The highest BCUT2D eigenvalue weighted by atomic mass is 16.6. The lowest BCUT2D eigenvalue weighted by Gasteiger charge is -2.17. The van der Waals surface area contributed by atoms with Crippen molar-refractivity contribution in [2.24, 2.45) is 0 Å². The van der Waals surface area contributed by atoms with Crippen molar-refractivity contribution in [3.63, 3.8) is 0 Å². The Morgan fingerprint density at radius 1 is 1.26 bits per heavy atom. The Kier molecular flexibility index (Phi) is 4.41. The predicted octanol–water partition coefficient (Wildman–Crippen LogP) is 3.42. The predicted molar refractivity (Wildman–Crippen MR) is 87.1 cm³/mol. The van der Waals surface area contributed by atoms with Crippen LogP contribution in [0.3, 0.4) is 0 Å². The average Bonchev–Trinajstić information content (AvgIpc) is 3.21. The second kappa shape index (κ2) is 6.64. The minimum Gasteiger partial charge on any atom is -0.494 e. The van der Waals surface area contributed by atoms with E-state index in [2.05, 4.69) is 12.2 Å². The van der Waals surface area contributed by atoms with Crippen molar-refractivity contribution in [3.05, 3.63) is 41.9 Å². The highest BCUT2D eigenvalue weighted by molar-refractivity contribution is 5.91. The second-order valence-corrected chi connectivity index (χ2v) is 5.23. The van der Waals surface area contributed by atoms with E-state index in [1.165, 1.54) is 0 Å². The molecule has 6 heteroatoms. The van der Waals surface area contributed by atoms with E-state index < -0.39 is 0 Å². The summed E-state index contributed by atoms with van der Waals surface area (Å²) in [6.45, 7) is 3.59. The summed E-state index contributed by atoms with van der Waals surface area (Å²) in [7, 11) is 1.59. The standard InChI is InChI=1S/C17H20N2O4/c1-3-13-5-6-14(23-13)11-18-12-4-7-15(16(10-12)21-2)19-8-9-22-17(19)20/h4-7,10,18H,3,8-9,11H2,1-2H3. The average molecular weight is 316 g/mol. The Labute approximate surface area is 135 Å². The summed E-state index contributed by atoms with van der Waals surface area (Å²) in [5.74, 6) is 2.48. The van der Waals surface area contributed by atoms with Crippen LogP contribution < -0.4 is 15.0 Å². The van der Waals surface area contributed by atoms with E-state index in [0.717, 1.165) is 23.6 Å². The second-order valence-electron chi connectivity index (χ2n) is 5.23. The van der Waals surface area contributed by atoms with E-state index in [1.54, 1.807) is 12.0 Å². The number of carbonyl (C=O) groups excluding carboxylic acids is 1. The summed E-state index contributed by atoms with van der Waals surface area (Å²) in [4.78, 5) is 13.3. The molecule has 0 bridgehead atoms. The zero-order valence-corrected chi connectivity index (χ0v) is 13.3. The molecule has 2 aromatic rings. The molecule has 6 nitrogen and oxygen atoms in total. The van der Waals surface area contributed by atoms with E-state index in [-0.39, 0.29) is 6.09 Å². The number of furan rings is 1. The van der Waals surface area contributed by atoms with Gasteiger partial charge in [0, 0.05) is 18.2 Å². The zero-order valence-electron chi connectivity index (χ0n) is 13.3. The van der Waals surface area contributed by atoms with Crippen LogP contribution in [0.15, 0.2) is 34.7 Å². The Morgan fingerprint density at radius 2 is 2.09 bits per heavy atom. The number of anilines is 2. The third-order valence-corrected chi connectivity index (χ3v) is 3.76. The molecule has 1 aliphatic heterocycles. The SMILES string of the molecule is CCc1ccc(CNc2ccc(N3CCOC3=O)c(OC)c2)o1. The van der Waals surface area contributed by atoms with Gasteiger partial charge in [-0.2, -0.15) is 0 Å². The molecule has 0 saturated carbocycles. The monoisotopic (exact) mass is 316 g/mol. The number of hydrogen-bond donors (Lipinski definition) is 1. The van der Waals surface area contributed by atoms with E-state index in [1.807, 2.05) is 30.3 Å². The van der Waals surface area contributed by atoms with E-state index >= 15 is 0 Å². The topological polar surface area (TPSA) is 63.9 Å². The van der Waals surface area contributed by atoms with E-state index in [0.29, 0.717) is 31.1 Å². The van der Waals surface area contributed by atoms with Crippen molar-refractivity contribution < 1.29 is 18.7 Å². The first-order valence-corrected chi connectivity index (χ1v) is 7.65. The van der Waals surface area contributed by atoms with Gasteiger partial charge in [-0.3, -0.25) is 4.90 Å². The molecule has 23 heavy (non-hydrogen) atoms. The summed E-state index contributed by atoms with van der Waals surface area (Å²) in [6.07, 6.45) is 0.542. The molecule has 1 aromatic carbocycles. The molecule has 1 fully saturated rings. The number of methoxy groups -OCH3 is 1. The number of cyclic esters (lactones) is 1. The molecule has 1 N–H and O–H groups in total. The van der Waals surface area contributed by atoms with Gasteiger partial charge in [-0.15, -0.1) is 0 Å². The van der Waals surface area contributed by atoms with Gasteiger partial charge in [0.05, 0.1) is 25.9 Å². The third kappa shape index (κ3) is 3.26. The maximum Gasteiger partial charge on any atom is 0.414 e. The lowest BCUT2D eigenvalue weighted by atomic mass is 10.2. The maximum atomic E-state index is 11.7. The van der Waals surface area contributed by atoms with Gasteiger partial charge in [0.15, 0.2) is 0 Å². The third-order valence-electron chi connectivity index (χ3n) is 3.76. The minimum absolute atomic E-state index is 0.341. The molecule has 0 unspecified atom stereocenters. The quantitative estimate of drug-likeness (QED) is 0.884. The molecule has 122 valence electrons. The van der Waals surface area contributed by atoms with Crippen molar-refractivity contribution >= 4 is 17.5 Å². The molecule has 2 heterocycles. The van der Waals surface area contributed by atoms with Crippen LogP contribution >= 0.6 is 0 Å². The van der Waals surface area contributed by atoms with Gasteiger partial charge in [0.2, 0.25) is 0 Å². The normalized spacial score (nSPS) is 14.0. The molecule has 1 amide bonds. The molecule has 1 saturated heterocycles. The van der Waals surface area contributed by atoms with Crippen molar-refractivity contribution in [1.29, 1.82) is 0 Å². The molecule has 3 rings (SSSR count). The molecule has 1 aliphatic rings. The molecule has 0 aliphatic carbocycles. The number of nitrogens with zero attached hydrogens (tertiary/aromatic N) is 1. The molecule has 0 atom stereocenters. The summed E-state index contributed by atoms with van der Waals surface area (Å²) < 4.78 is 16.0. The Morgan fingerprint density at radius 3 is 2.74 bits per heavy atom. The smallest absolute Gasteiger partial charge is 0.414 e. The van der Waals surface area contributed by atoms with Crippen molar-refractivity contribution in [2.75, 3.05) is 30.5 Å². The first-order valence-electron chi connectivity index (χ1n) is 7.65. The van der Waals surface area contributed by atoms with Crippen molar-refractivity contribution in [2.45, 2.75) is 19.9 Å². The summed E-state index contributed by atoms with van der Waals surface area (Å²) in [5.41, 5.74) is 1.61. The van der Waals surface area contributed by atoms with Crippen LogP contribution in [0.4, 0.5) is 16.2 Å². The number of amides is 1. The molecule has 0 spiro atoms. The van der Waals surface area contributed by atoms with Gasteiger partial charge in [-0.05, 0) is 24.3 Å². The van der Waals surface area contributed by atoms with Crippen LogP contribution in [0.2, 0.25) is 0 Å². The lowest BCUT2D eigenvalue weighted by molar-refractivity contribution is 0.181.